The number of methoxy groups -OCH3 is 2. The van der Waals surface area contributed by atoms with Crippen LogP contribution in [0.1, 0.15) is 87.5 Å². The van der Waals surface area contributed by atoms with Crippen LogP contribution in [-0.2, 0) is 47.7 Å². The monoisotopic (exact) mass is 801 g/mol. The van der Waals surface area contributed by atoms with E-state index in [2.05, 4.69) is 5.32 Å². The van der Waals surface area contributed by atoms with Crippen LogP contribution in [0.15, 0.2) is 59.4 Å². The van der Waals surface area contributed by atoms with Gasteiger partial charge in [-0.3, -0.25) is 14.4 Å². The number of nitrogens with one attached hydrogen (secondary N) is 1. The maximum atomic E-state index is 13.6. The Morgan fingerprint density at radius 1 is 1.04 bits per heavy atom. The zero-order valence-electron chi connectivity index (χ0n) is 34.9. The Labute approximate surface area is 336 Å². The van der Waals surface area contributed by atoms with E-state index in [1.54, 1.807) is 32.9 Å². The first-order valence-electron chi connectivity index (χ1n) is 19.7. The summed E-state index contributed by atoms with van der Waals surface area (Å²) in [6, 6.07) is -1.23. The highest BCUT2D eigenvalue weighted by molar-refractivity contribution is 6.14. The molecule has 0 aromatic rings. The minimum absolute atomic E-state index is 0.0489. The van der Waals surface area contributed by atoms with Crippen LogP contribution in [0.2, 0.25) is 0 Å². The van der Waals surface area contributed by atoms with Crippen molar-refractivity contribution in [2.75, 3.05) is 14.2 Å². The van der Waals surface area contributed by atoms with E-state index in [1.165, 1.54) is 20.3 Å². The first-order valence-corrected chi connectivity index (χ1v) is 19.7. The standard InChI is InChI=1S/C43H63NO13/c1-23(2)40-29(8)35(55-37(49)17-16-36(48)44-38-30(45)14-15-31(38)46)22-43(52,57-40)21-32(47)28(7)41-33(53-9)13-11-12-24(3)18-26(5)39(50)27(6)19-25(4)20-34(54-10)42(51)56-41/h11-13,16-17,19-20,23,26-29,32-33,35,38-41,47,50,52H,14-15,18,21-22H2,1-10H3,(H,44,48)/b13-11+,17-16+,24-12+,25-19+,34-20-/t26-,27+,28-,29-,32-,33-,35+,39-,40+,41?,43-/m0/s1. The molecule has 0 aromatic heterocycles. The number of amides is 1. The third-order valence-electron chi connectivity index (χ3n) is 11.1. The number of ketones is 2. The van der Waals surface area contributed by atoms with Crippen LogP contribution < -0.4 is 5.32 Å². The third-order valence-corrected chi connectivity index (χ3v) is 11.1. The fourth-order valence-corrected chi connectivity index (χ4v) is 7.77. The summed E-state index contributed by atoms with van der Waals surface area (Å²) in [5.41, 5.74) is 1.68. The number of esters is 2. The summed E-state index contributed by atoms with van der Waals surface area (Å²) in [5.74, 6) is -7.10. The Morgan fingerprint density at radius 2 is 1.68 bits per heavy atom. The smallest absolute Gasteiger partial charge is 0.373 e. The number of hydrogen-bond acceptors (Lipinski definition) is 13. The molecule has 0 bridgehead atoms. The maximum Gasteiger partial charge on any atom is 0.373 e. The van der Waals surface area contributed by atoms with E-state index in [4.69, 9.17) is 23.7 Å². The molecule has 0 spiro atoms. The number of carbonyl (C=O) groups is 5. The Balaban J connectivity index is 1.87. The largest absolute Gasteiger partial charge is 0.490 e. The number of Topliss-reactive ketones (excluding diaryl/α,β-unsaturated/α-hetero) is 2. The molecule has 2 heterocycles. The van der Waals surface area contributed by atoms with Crippen LogP contribution in [0.4, 0.5) is 0 Å². The number of carbonyl (C=O) groups excluding carboxylic acids is 5. The van der Waals surface area contributed by atoms with Crippen molar-refractivity contribution in [3.63, 3.8) is 0 Å². The lowest BCUT2D eigenvalue weighted by atomic mass is 9.80. The summed E-state index contributed by atoms with van der Waals surface area (Å²) in [5, 5.41) is 37.0. The second-order valence-corrected chi connectivity index (χ2v) is 16.3. The molecule has 1 unspecified atom stereocenters. The summed E-state index contributed by atoms with van der Waals surface area (Å²) in [4.78, 5) is 62.7. The molecule has 3 aliphatic rings. The molecule has 57 heavy (non-hydrogen) atoms. The predicted molar refractivity (Wildman–Crippen MR) is 210 cm³/mol. The Hall–Kier alpha value is -3.95. The molecule has 1 saturated heterocycles. The summed E-state index contributed by atoms with van der Waals surface area (Å²) in [6.07, 6.45) is 5.20. The molecule has 2 aliphatic heterocycles. The average molecular weight is 802 g/mol. The summed E-state index contributed by atoms with van der Waals surface area (Å²) < 4.78 is 29.2. The van der Waals surface area contributed by atoms with Crippen molar-refractivity contribution in [2.45, 2.75) is 136 Å². The highest BCUT2D eigenvalue weighted by atomic mass is 16.6. The fraction of sp³-hybridized carbons (Fsp3) is 0.651. The highest BCUT2D eigenvalue weighted by Crippen LogP contribution is 2.40. The zero-order valence-corrected chi connectivity index (χ0v) is 34.9. The maximum absolute atomic E-state index is 13.6. The van der Waals surface area contributed by atoms with Gasteiger partial charge in [0.1, 0.15) is 24.4 Å². The van der Waals surface area contributed by atoms with Crippen molar-refractivity contribution in [1.29, 1.82) is 0 Å². The van der Waals surface area contributed by atoms with Crippen molar-refractivity contribution in [1.82, 2.24) is 5.32 Å². The van der Waals surface area contributed by atoms with E-state index in [-0.39, 0.29) is 49.2 Å². The van der Waals surface area contributed by atoms with Crippen LogP contribution in [0.25, 0.3) is 0 Å². The van der Waals surface area contributed by atoms with E-state index in [9.17, 15) is 39.3 Å². The lowest BCUT2D eigenvalue weighted by molar-refractivity contribution is -0.307. The van der Waals surface area contributed by atoms with Crippen LogP contribution in [-0.4, -0.2) is 107 Å². The highest BCUT2D eigenvalue weighted by Gasteiger charge is 2.49. The van der Waals surface area contributed by atoms with Gasteiger partial charge in [0.2, 0.25) is 11.7 Å². The molecule has 14 heteroatoms. The number of aliphatic hydroxyl groups excluding tert-OH is 2. The summed E-state index contributed by atoms with van der Waals surface area (Å²) in [7, 11) is 2.78. The van der Waals surface area contributed by atoms with Crippen molar-refractivity contribution < 1.29 is 63.0 Å². The molecular weight excluding hydrogens is 738 g/mol. The third kappa shape index (κ3) is 13.3. The van der Waals surface area contributed by atoms with Crippen LogP contribution in [0, 0.1) is 29.6 Å². The number of aliphatic hydroxyl groups is 3. The molecule has 1 aliphatic carbocycles. The van der Waals surface area contributed by atoms with E-state index in [0.29, 0.717) is 12.0 Å². The van der Waals surface area contributed by atoms with Crippen molar-refractivity contribution in [3.8, 4) is 0 Å². The number of rotatable bonds is 11. The molecular formula is C43H63NO13. The van der Waals surface area contributed by atoms with Crippen LogP contribution in [0.5, 0.6) is 0 Å². The second kappa shape index (κ2) is 21.2. The van der Waals surface area contributed by atoms with E-state index >= 15 is 0 Å². The minimum atomic E-state index is -2.00. The van der Waals surface area contributed by atoms with Crippen LogP contribution >= 0.6 is 0 Å². The van der Waals surface area contributed by atoms with Gasteiger partial charge in [0.05, 0.1) is 25.4 Å². The van der Waals surface area contributed by atoms with Crippen molar-refractivity contribution in [2.24, 2.45) is 29.6 Å². The lowest BCUT2D eigenvalue weighted by Crippen LogP contribution is -2.55. The number of allylic oxidation sites excluding steroid dienone is 5. The Kier molecular flexibility index (Phi) is 17.6. The van der Waals surface area contributed by atoms with Gasteiger partial charge in [-0.25, -0.2) is 9.59 Å². The van der Waals surface area contributed by atoms with Gasteiger partial charge in [-0.15, -0.1) is 0 Å². The molecule has 0 aromatic carbocycles. The van der Waals surface area contributed by atoms with Gasteiger partial charge >= 0.3 is 11.9 Å². The number of cyclic esters (lactones) is 1. The van der Waals surface area contributed by atoms with Gasteiger partial charge in [-0.2, -0.15) is 0 Å². The quantitative estimate of drug-likeness (QED) is 0.133. The fourth-order valence-electron chi connectivity index (χ4n) is 7.77. The van der Waals surface area contributed by atoms with Crippen molar-refractivity contribution >= 4 is 29.4 Å². The number of ether oxygens (including phenoxy) is 5. The molecule has 4 N–H and O–H groups in total. The van der Waals surface area contributed by atoms with Gasteiger partial charge < -0.3 is 44.3 Å². The molecule has 11 atom stereocenters. The molecule has 3 rings (SSSR count). The molecule has 318 valence electrons. The van der Waals surface area contributed by atoms with Gasteiger partial charge in [0.15, 0.2) is 17.4 Å². The SMILES string of the molecule is CO/C1=C\C(C)=C\[C@@H](C)[C@@H](O)[C@@H](C)C/C(C)=C/C=C/[C@H](OC)C([C@@H](C)[C@@H](O)C[C@@]2(O)C[C@@H](OC(=O)/C=C/C(=O)NC3C(=O)CCC3=O)[C@H](C)[C@@H](C(C)C)O2)OC1=O. The summed E-state index contributed by atoms with van der Waals surface area (Å²) >= 11 is 0. The van der Waals surface area contributed by atoms with Gasteiger partial charge in [0.25, 0.3) is 0 Å². The molecule has 2 fully saturated rings. The molecule has 14 nitrogen and oxygen atoms in total. The topological polar surface area (TPSA) is 204 Å². The van der Waals surface area contributed by atoms with Crippen molar-refractivity contribution in [3.05, 3.63) is 59.4 Å². The Morgan fingerprint density at radius 3 is 2.28 bits per heavy atom. The second-order valence-electron chi connectivity index (χ2n) is 16.3. The predicted octanol–water partition coefficient (Wildman–Crippen LogP) is 3.97. The van der Waals surface area contributed by atoms with E-state index in [1.807, 2.05) is 46.8 Å². The first-order chi connectivity index (χ1) is 26.7. The normalized spacial score (nSPS) is 35.6. The van der Waals surface area contributed by atoms with Crippen LogP contribution in [0.3, 0.4) is 0 Å². The average Bonchev–Trinajstić information content (AvgIpc) is 3.45. The van der Waals surface area contributed by atoms with Gasteiger partial charge in [-0.05, 0) is 38.2 Å². The zero-order chi connectivity index (χ0) is 42.8. The lowest BCUT2D eigenvalue weighted by Gasteiger charge is -2.47. The van der Waals surface area contributed by atoms with E-state index in [0.717, 1.165) is 17.7 Å². The van der Waals surface area contributed by atoms with Gasteiger partial charge in [0, 0.05) is 62.7 Å². The number of hydrogen-bond donors (Lipinski definition) is 4. The summed E-state index contributed by atoms with van der Waals surface area (Å²) in [6.45, 7) is 14.8. The van der Waals surface area contributed by atoms with Gasteiger partial charge in [-0.1, -0.05) is 77.0 Å². The first kappa shape index (κ1) is 47.4. The Bertz CT molecular complexity index is 1590. The molecule has 1 saturated carbocycles. The molecule has 0 radical (unpaired) electrons. The minimum Gasteiger partial charge on any atom is -0.490 e. The molecule has 1 amide bonds. The van der Waals surface area contributed by atoms with E-state index < -0.39 is 89.7 Å².